The molecule has 1 heterocycles. The Labute approximate surface area is 125 Å². The Morgan fingerprint density at radius 3 is 2.62 bits per heavy atom. The lowest BCUT2D eigenvalue weighted by molar-refractivity contribution is -0.137. The van der Waals surface area contributed by atoms with Gasteiger partial charge in [-0.3, -0.25) is 4.79 Å². The molecule has 2 fully saturated rings. The number of nitrogens with zero attached hydrogens (tertiary/aromatic N) is 1. The van der Waals surface area contributed by atoms with Crippen molar-refractivity contribution in [2.45, 2.75) is 25.4 Å². The standard InChI is InChI=1S/C16H22N2O3/c19-16(18-7-9-20-10-8-18)12-21-15-5-1-13(2-6-15)11-17-14-3-4-14/h1-2,5-6,14,17H,3-4,7-12H2. The van der Waals surface area contributed by atoms with Gasteiger partial charge in [-0.15, -0.1) is 0 Å². The Bertz CT molecular complexity index is 465. The van der Waals surface area contributed by atoms with Gasteiger partial charge in [0.25, 0.3) is 5.91 Å². The maximum absolute atomic E-state index is 12.0. The molecule has 1 N–H and O–H groups in total. The Morgan fingerprint density at radius 2 is 1.95 bits per heavy atom. The summed E-state index contributed by atoms with van der Waals surface area (Å²) in [6.45, 7) is 3.56. The average molecular weight is 290 g/mol. The first-order valence-electron chi connectivity index (χ1n) is 7.62. The van der Waals surface area contributed by atoms with E-state index in [0.29, 0.717) is 32.3 Å². The average Bonchev–Trinajstić information content (AvgIpc) is 3.37. The van der Waals surface area contributed by atoms with Gasteiger partial charge >= 0.3 is 0 Å². The summed E-state index contributed by atoms with van der Waals surface area (Å²) >= 11 is 0. The largest absolute Gasteiger partial charge is 0.484 e. The summed E-state index contributed by atoms with van der Waals surface area (Å²) in [4.78, 5) is 13.7. The van der Waals surface area contributed by atoms with Crippen LogP contribution in [0.2, 0.25) is 0 Å². The topological polar surface area (TPSA) is 50.8 Å². The number of hydrogen-bond acceptors (Lipinski definition) is 4. The molecule has 0 radical (unpaired) electrons. The minimum Gasteiger partial charge on any atom is -0.484 e. The van der Waals surface area contributed by atoms with Crippen LogP contribution in [0, 0.1) is 0 Å². The molecule has 1 amide bonds. The van der Waals surface area contributed by atoms with Crippen LogP contribution in [-0.4, -0.2) is 49.8 Å². The van der Waals surface area contributed by atoms with Crippen molar-refractivity contribution in [3.05, 3.63) is 29.8 Å². The van der Waals surface area contributed by atoms with Gasteiger partial charge in [-0.05, 0) is 30.5 Å². The van der Waals surface area contributed by atoms with E-state index in [0.717, 1.165) is 12.3 Å². The minimum atomic E-state index is 0.0257. The van der Waals surface area contributed by atoms with Crippen LogP contribution in [-0.2, 0) is 16.1 Å². The van der Waals surface area contributed by atoms with E-state index in [2.05, 4.69) is 5.32 Å². The monoisotopic (exact) mass is 290 g/mol. The van der Waals surface area contributed by atoms with E-state index in [1.165, 1.54) is 18.4 Å². The Balaban J connectivity index is 1.42. The highest BCUT2D eigenvalue weighted by Crippen LogP contribution is 2.20. The zero-order chi connectivity index (χ0) is 14.5. The number of ether oxygens (including phenoxy) is 2. The van der Waals surface area contributed by atoms with Crippen molar-refractivity contribution in [3.8, 4) is 5.75 Å². The molecule has 0 spiro atoms. The molecule has 5 heteroatoms. The normalized spacial score (nSPS) is 18.6. The lowest BCUT2D eigenvalue weighted by Crippen LogP contribution is -2.42. The van der Waals surface area contributed by atoms with Gasteiger partial charge in [-0.1, -0.05) is 12.1 Å². The Morgan fingerprint density at radius 1 is 1.24 bits per heavy atom. The summed E-state index contributed by atoms with van der Waals surface area (Å²) in [6.07, 6.45) is 2.59. The Kier molecular flexibility index (Phi) is 4.72. The molecule has 21 heavy (non-hydrogen) atoms. The van der Waals surface area contributed by atoms with Gasteiger partial charge in [0.15, 0.2) is 6.61 Å². The lowest BCUT2D eigenvalue weighted by Gasteiger charge is -2.26. The zero-order valence-corrected chi connectivity index (χ0v) is 12.2. The summed E-state index contributed by atoms with van der Waals surface area (Å²) in [5.41, 5.74) is 1.24. The van der Waals surface area contributed by atoms with Gasteiger partial charge < -0.3 is 19.7 Å². The molecule has 0 aromatic heterocycles. The highest BCUT2D eigenvalue weighted by atomic mass is 16.5. The van der Waals surface area contributed by atoms with Crippen LogP contribution in [0.1, 0.15) is 18.4 Å². The Hall–Kier alpha value is -1.59. The molecule has 1 saturated heterocycles. The van der Waals surface area contributed by atoms with Crippen molar-refractivity contribution in [2.24, 2.45) is 0 Å². The van der Waals surface area contributed by atoms with Crippen LogP contribution in [0.15, 0.2) is 24.3 Å². The number of carbonyl (C=O) groups is 1. The van der Waals surface area contributed by atoms with Crippen LogP contribution >= 0.6 is 0 Å². The molecule has 3 rings (SSSR count). The van der Waals surface area contributed by atoms with Gasteiger partial charge in [0.05, 0.1) is 13.2 Å². The van der Waals surface area contributed by atoms with E-state index in [1.807, 2.05) is 24.3 Å². The van der Waals surface area contributed by atoms with Crippen molar-refractivity contribution < 1.29 is 14.3 Å². The zero-order valence-electron chi connectivity index (χ0n) is 12.2. The molecular formula is C16H22N2O3. The number of carbonyl (C=O) groups excluding carboxylic acids is 1. The second-order valence-electron chi connectivity index (χ2n) is 5.58. The molecule has 1 saturated carbocycles. The summed E-state index contributed by atoms with van der Waals surface area (Å²) in [6, 6.07) is 8.66. The third-order valence-corrected chi connectivity index (χ3v) is 3.82. The van der Waals surface area contributed by atoms with E-state index in [9.17, 15) is 4.79 Å². The van der Waals surface area contributed by atoms with Crippen molar-refractivity contribution >= 4 is 5.91 Å². The highest BCUT2D eigenvalue weighted by Gasteiger charge is 2.20. The fourth-order valence-corrected chi connectivity index (χ4v) is 2.30. The van der Waals surface area contributed by atoms with Crippen LogP contribution in [0.4, 0.5) is 0 Å². The number of benzene rings is 1. The molecule has 0 atom stereocenters. The lowest BCUT2D eigenvalue weighted by atomic mass is 10.2. The van der Waals surface area contributed by atoms with Crippen LogP contribution in [0.25, 0.3) is 0 Å². The quantitative estimate of drug-likeness (QED) is 0.854. The van der Waals surface area contributed by atoms with Gasteiger partial charge in [0, 0.05) is 25.7 Å². The number of morpholine rings is 1. The molecular weight excluding hydrogens is 268 g/mol. The summed E-state index contributed by atoms with van der Waals surface area (Å²) < 4.78 is 10.8. The molecule has 114 valence electrons. The maximum atomic E-state index is 12.0. The minimum absolute atomic E-state index is 0.0257. The highest BCUT2D eigenvalue weighted by molar-refractivity contribution is 5.77. The van der Waals surface area contributed by atoms with Crippen molar-refractivity contribution in [2.75, 3.05) is 32.9 Å². The van der Waals surface area contributed by atoms with E-state index >= 15 is 0 Å². The van der Waals surface area contributed by atoms with Gasteiger partial charge in [0.1, 0.15) is 5.75 Å². The molecule has 1 aliphatic carbocycles. The molecule has 1 aromatic carbocycles. The molecule has 0 unspecified atom stereocenters. The van der Waals surface area contributed by atoms with Crippen molar-refractivity contribution in [3.63, 3.8) is 0 Å². The fourth-order valence-electron chi connectivity index (χ4n) is 2.30. The van der Waals surface area contributed by atoms with Crippen LogP contribution in [0.3, 0.4) is 0 Å². The van der Waals surface area contributed by atoms with E-state index in [4.69, 9.17) is 9.47 Å². The molecule has 2 aliphatic rings. The molecule has 0 bridgehead atoms. The van der Waals surface area contributed by atoms with Crippen molar-refractivity contribution in [1.82, 2.24) is 10.2 Å². The molecule has 1 aliphatic heterocycles. The van der Waals surface area contributed by atoms with Crippen molar-refractivity contribution in [1.29, 1.82) is 0 Å². The SMILES string of the molecule is O=C(COc1ccc(CNC2CC2)cc1)N1CCOCC1. The predicted octanol–water partition coefficient (Wildman–Crippen LogP) is 1.18. The van der Waals surface area contributed by atoms with E-state index < -0.39 is 0 Å². The smallest absolute Gasteiger partial charge is 0.260 e. The summed E-state index contributed by atoms with van der Waals surface area (Å²) in [5.74, 6) is 0.768. The van der Waals surface area contributed by atoms with Gasteiger partial charge in [-0.25, -0.2) is 0 Å². The number of amides is 1. The van der Waals surface area contributed by atoms with E-state index in [-0.39, 0.29) is 12.5 Å². The summed E-state index contributed by atoms with van der Waals surface area (Å²) in [7, 11) is 0. The van der Waals surface area contributed by atoms with Gasteiger partial charge in [0.2, 0.25) is 0 Å². The fraction of sp³-hybridized carbons (Fsp3) is 0.562. The first kappa shape index (κ1) is 14.4. The first-order valence-corrected chi connectivity index (χ1v) is 7.62. The molecule has 1 aromatic rings. The maximum Gasteiger partial charge on any atom is 0.260 e. The van der Waals surface area contributed by atoms with Gasteiger partial charge in [-0.2, -0.15) is 0 Å². The first-order chi connectivity index (χ1) is 10.3. The van der Waals surface area contributed by atoms with Crippen LogP contribution in [0.5, 0.6) is 5.75 Å². The predicted molar refractivity (Wildman–Crippen MR) is 79.2 cm³/mol. The number of nitrogens with one attached hydrogen (secondary N) is 1. The number of rotatable bonds is 6. The third kappa shape index (κ3) is 4.44. The summed E-state index contributed by atoms with van der Waals surface area (Å²) in [5, 5.41) is 3.47. The molecule has 5 nitrogen and oxygen atoms in total. The third-order valence-electron chi connectivity index (χ3n) is 3.82. The number of hydrogen-bond donors (Lipinski definition) is 1. The van der Waals surface area contributed by atoms with E-state index in [1.54, 1.807) is 4.90 Å². The van der Waals surface area contributed by atoms with Crippen LogP contribution < -0.4 is 10.1 Å². The second-order valence-corrected chi connectivity index (χ2v) is 5.58. The second kappa shape index (κ2) is 6.91.